The Morgan fingerprint density at radius 3 is 1.60 bits per heavy atom. The first-order valence-electron chi connectivity index (χ1n) is 18.7. The maximum absolute atomic E-state index is 4.41. The number of hydrogen-bond acceptors (Lipinski definition) is 3. The van der Waals surface area contributed by atoms with Gasteiger partial charge in [-0.05, 0) is 136 Å². The van der Waals surface area contributed by atoms with Crippen molar-refractivity contribution in [2.75, 3.05) is 0 Å². The summed E-state index contributed by atoms with van der Waals surface area (Å²) in [6, 6.07) is 58.4. The van der Waals surface area contributed by atoms with Crippen molar-refractivity contribution in [2.24, 2.45) is 0 Å². The number of rotatable bonds is 4. The summed E-state index contributed by atoms with van der Waals surface area (Å²) in [4.78, 5) is 8.83. The van der Waals surface area contributed by atoms with Crippen LogP contribution in [0.4, 0.5) is 0 Å². The topological polar surface area (TPSA) is 25.8 Å². The minimum absolute atomic E-state index is 1.17. The lowest BCUT2D eigenvalue weighted by Gasteiger charge is -2.20. The SMILES string of the molecule is c1ccc2c(-c3cc(-c4ccc5c6c(cccc46)-c4c-5c(-c5ccncc5)c5ccccc5c4-c4ccncc4)c4sc5ccccc5c4c3)cccc2c1. The van der Waals surface area contributed by atoms with Crippen molar-refractivity contribution in [1.82, 2.24) is 9.97 Å². The van der Waals surface area contributed by atoms with Crippen LogP contribution in [0.15, 0.2) is 183 Å². The molecule has 3 heteroatoms. The summed E-state index contributed by atoms with van der Waals surface area (Å²) in [5, 5.41) is 10.2. The van der Waals surface area contributed by atoms with E-state index in [1.54, 1.807) is 0 Å². The molecule has 1 aliphatic carbocycles. The molecule has 0 saturated carbocycles. The van der Waals surface area contributed by atoms with Gasteiger partial charge >= 0.3 is 0 Å². The Hall–Kier alpha value is -6.94. The molecule has 0 spiro atoms. The first-order chi connectivity index (χ1) is 27.3. The van der Waals surface area contributed by atoms with Crippen molar-refractivity contribution in [3.8, 4) is 66.8 Å². The van der Waals surface area contributed by atoms with Gasteiger partial charge in [0.25, 0.3) is 0 Å². The van der Waals surface area contributed by atoms with Gasteiger partial charge in [-0.3, -0.25) is 9.97 Å². The highest BCUT2D eigenvalue weighted by Crippen LogP contribution is 2.59. The van der Waals surface area contributed by atoms with E-state index in [2.05, 4.69) is 168 Å². The van der Waals surface area contributed by atoms with Crippen LogP contribution < -0.4 is 0 Å². The van der Waals surface area contributed by atoms with E-state index in [0.717, 1.165) is 0 Å². The lowest BCUT2D eigenvalue weighted by Crippen LogP contribution is -1.93. The summed E-state index contributed by atoms with van der Waals surface area (Å²) in [7, 11) is 0. The molecule has 1 aliphatic rings. The van der Waals surface area contributed by atoms with Crippen LogP contribution in [0.3, 0.4) is 0 Å². The van der Waals surface area contributed by atoms with Crippen LogP contribution in [0.2, 0.25) is 0 Å². The molecule has 8 aromatic carbocycles. The van der Waals surface area contributed by atoms with Gasteiger partial charge in [0, 0.05) is 50.5 Å². The number of aromatic nitrogens is 2. The first kappa shape index (κ1) is 30.5. The largest absolute Gasteiger partial charge is 0.265 e. The van der Waals surface area contributed by atoms with Crippen LogP contribution in [0.5, 0.6) is 0 Å². The van der Waals surface area contributed by atoms with Gasteiger partial charge < -0.3 is 0 Å². The predicted molar refractivity (Wildman–Crippen MR) is 234 cm³/mol. The van der Waals surface area contributed by atoms with Crippen molar-refractivity contribution in [3.05, 3.63) is 183 Å². The number of thiophene rings is 1. The molecule has 3 aromatic heterocycles. The van der Waals surface area contributed by atoms with Crippen molar-refractivity contribution >= 4 is 63.8 Å². The standard InChI is InChI=1S/C52H30N2S/c1-2-11-35-31(9-1)10-7-15-36(35)34-29-44(52-45(30-34)38-12-5-6-18-46(38)55-52)37-19-20-43-49-39(37)16-8-17-42(49)50-47(32-21-25-53-26-22-32)40-13-3-4-14-41(40)48(51(43)50)33-23-27-54-28-24-33/h1-30H. The van der Waals surface area contributed by atoms with Crippen molar-refractivity contribution < 1.29 is 0 Å². The number of nitrogens with zero attached hydrogens (tertiary/aromatic N) is 2. The Labute approximate surface area is 321 Å². The maximum atomic E-state index is 4.41. The molecule has 0 atom stereocenters. The second-order valence-corrected chi connectivity index (χ2v) is 15.5. The third-order valence-corrected chi connectivity index (χ3v) is 12.8. The molecular weight excluding hydrogens is 685 g/mol. The third kappa shape index (κ3) is 4.42. The van der Waals surface area contributed by atoms with Crippen LogP contribution in [-0.2, 0) is 0 Å². The molecule has 0 amide bonds. The van der Waals surface area contributed by atoms with E-state index in [0.29, 0.717) is 0 Å². The van der Waals surface area contributed by atoms with E-state index in [1.165, 1.54) is 119 Å². The molecule has 0 unspecified atom stereocenters. The average molecular weight is 715 g/mol. The Bertz CT molecular complexity index is 3260. The summed E-state index contributed by atoms with van der Waals surface area (Å²) < 4.78 is 2.63. The normalized spacial score (nSPS) is 12.0. The Morgan fingerprint density at radius 1 is 0.327 bits per heavy atom. The maximum Gasteiger partial charge on any atom is 0.0434 e. The fourth-order valence-electron chi connectivity index (χ4n) is 9.33. The van der Waals surface area contributed by atoms with Gasteiger partial charge in [0.1, 0.15) is 0 Å². The number of hydrogen-bond donors (Lipinski definition) is 0. The molecule has 2 nitrogen and oxygen atoms in total. The van der Waals surface area contributed by atoms with Crippen LogP contribution in [0, 0.1) is 0 Å². The van der Waals surface area contributed by atoms with Gasteiger partial charge in [-0.2, -0.15) is 0 Å². The second-order valence-electron chi connectivity index (χ2n) is 14.4. The summed E-state index contributed by atoms with van der Waals surface area (Å²) in [5.41, 5.74) is 15.0. The average Bonchev–Trinajstić information content (AvgIpc) is 3.80. The van der Waals surface area contributed by atoms with Gasteiger partial charge in [-0.1, -0.05) is 115 Å². The molecule has 0 fully saturated rings. The second kappa shape index (κ2) is 11.8. The highest BCUT2D eigenvalue weighted by atomic mass is 32.1. The molecule has 0 bridgehead atoms. The molecule has 11 aromatic rings. The van der Waals surface area contributed by atoms with Crippen molar-refractivity contribution in [1.29, 1.82) is 0 Å². The lowest BCUT2D eigenvalue weighted by molar-refractivity contribution is 1.33. The molecule has 0 N–H and O–H groups in total. The zero-order chi connectivity index (χ0) is 36.0. The Morgan fingerprint density at radius 2 is 0.873 bits per heavy atom. The molecule has 0 saturated heterocycles. The monoisotopic (exact) mass is 714 g/mol. The number of fused-ring (bicyclic) bond motifs is 8. The quantitative estimate of drug-likeness (QED) is 0.181. The summed E-state index contributed by atoms with van der Waals surface area (Å²) in [5.74, 6) is 0. The van der Waals surface area contributed by atoms with Gasteiger partial charge in [-0.15, -0.1) is 11.3 Å². The van der Waals surface area contributed by atoms with E-state index in [-0.39, 0.29) is 0 Å². The minimum Gasteiger partial charge on any atom is -0.265 e. The number of pyridine rings is 2. The highest BCUT2D eigenvalue weighted by Gasteiger charge is 2.31. The smallest absolute Gasteiger partial charge is 0.0434 e. The van der Waals surface area contributed by atoms with Gasteiger partial charge in [0.15, 0.2) is 0 Å². The summed E-state index contributed by atoms with van der Waals surface area (Å²) in [6.07, 6.45) is 7.64. The van der Waals surface area contributed by atoms with E-state index in [1.807, 2.05) is 36.1 Å². The van der Waals surface area contributed by atoms with Gasteiger partial charge in [0.05, 0.1) is 0 Å². The fraction of sp³-hybridized carbons (Fsp3) is 0. The zero-order valence-electron chi connectivity index (χ0n) is 29.6. The molecule has 254 valence electrons. The summed E-state index contributed by atoms with van der Waals surface area (Å²) in [6.45, 7) is 0. The van der Waals surface area contributed by atoms with Crippen LogP contribution in [0.25, 0.3) is 119 Å². The first-order valence-corrected chi connectivity index (χ1v) is 19.5. The fourth-order valence-corrected chi connectivity index (χ4v) is 10.5. The molecular formula is C52H30N2S. The molecule has 3 heterocycles. The van der Waals surface area contributed by atoms with Crippen molar-refractivity contribution in [2.45, 2.75) is 0 Å². The van der Waals surface area contributed by atoms with Crippen LogP contribution in [0.1, 0.15) is 0 Å². The molecule has 0 radical (unpaired) electrons. The predicted octanol–water partition coefficient (Wildman–Crippen LogP) is 14.6. The van der Waals surface area contributed by atoms with E-state index < -0.39 is 0 Å². The lowest BCUT2D eigenvalue weighted by atomic mass is 9.83. The van der Waals surface area contributed by atoms with Crippen molar-refractivity contribution in [3.63, 3.8) is 0 Å². The molecule has 0 aliphatic heterocycles. The third-order valence-electron chi connectivity index (χ3n) is 11.6. The van der Waals surface area contributed by atoms with Gasteiger partial charge in [-0.25, -0.2) is 0 Å². The van der Waals surface area contributed by atoms with E-state index in [4.69, 9.17) is 0 Å². The summed E-state index contributed by atoms with van der Waals surface area (Å²) >= 11 is 1.90. The zero-order valence-corrected chi connectivity index (χ0v) is 30.4. The van der Waals surface area contributed by atoms with Crippen LogP contribution in [-0.4, -0.2) is 9.97 Å². The Balaban J connectivity index is 1.21. The Kier molecular flexibility index (Phi) is 6.54. The molecule has 55 heavy (non-hydrogen) atoms. The minimum atomic E-state index is 1.17. The molecule has 12 rings (SSSR count). The van der Waals surface area contributed by atoms with Crippen LogP contribution >= 0.6 is 11.3 Å². The van der Waals surface area contributed by atoms with Gasteiger partial charge in [0.2, 0.25) is 0 Å². The van der Waals surface area contributed by atoms with E-state index in [9.17, 15) is 0 Å². The number of benzene rings is 8. The van der Waals surface area contributed by atoms with E-state index >= 15 is 0 Å². The highest BCUT2D eigenvalue weighted by molar-refractivity contribution is 7.26.